The van der Waals surface area contributed by atoms with Crippen LogP contribution in [0.3, 0.4) is 0 Å². The average Bonchev–Trinajstić information content (AvgIpc) is 2.67. The first-order valence-electron chi connectivity index (χ1n) is 7.99. The second-order valence-corrected chi connectivity index (χ2v) is 5.79. The quantitative estimate of drug-likeness (QED) is 0.499. The summed E-state index contributed by atoms with van der Waals surface area (Å²) in [5, 5.41) is 13.3. The number of benzene rings is 2. The zero-order valence-electron chi connectivity index (χ0n) is 14.0. The highest BCUT2D eigenvalue weighted by Crippen LogP contribution is 2.14. The SMILES string of the molecule is NC(=O)[C@@H](Cc1cnc2ccccc2n1)NC(=O)c1cccc([N+](=O)[O-])c1. The van der Waals surface area contributed by atoms with Gasteiger partial charge >= 0.3 is 0 Å². The largest absolute Gasteiger partial charge is 0.368 e. The van der Waals surface area contributed by atoms with Gasteiger partial charge in [0.25, 0.3) is 11.6 Å². The summed E-state index contributed by atoms with van der Waals surface area (Å²) in [6, 6.07) is 11.4. The first-order valence-corrected chi connectivity index (χ1v) is 7.99. The van der Waals surface area contributed by atoms with Gasteiger partial charge in [-0.3, -0.25) is 24.7 Å². The number of para-hydroxylation sites is 2. The summed E-state index contributed by atoms with van der Waals surface area (Å²) in [5.41, 5.74) is 7.07. The Morgan fingerprint density at radius 3 is 2.59 bits per heavy atom. The number of fused-ring (bicyclic) bond motifs is 1. The molecule has 3 aromatic rings. The molecule has 9 heteroatoms. The normalized spacial score (nSPS) is 11.7. The number of rotatable bonds is 6. The summed E-state index contributed by atoms with van der Waals surface area (Å²) in [6.45, 7) is 0. The van der Waals surface area contributed by atoms with E-state index in [1.54, 1.807) is 6.07 Å². The van der Waals surface area contributed by atoms with Crippen molar-refractivity contribution >= 4 is 28.5 Å². The monoisotopic (exact) mass is 365 g/mol. The Bertz CT molecular complexity index is 1040. The zero-order valence-corrected chi connectivity index (χ0v) is 14.0. The third kappa shape index (κ3) is 4.21. The summed E-state index contributed by atoms with van der Waals surface area (Å²) < 4.78 is 0. The van der Waals surface area contributed by atoms with Crippen molar-refractivity contribution < 1.29 is 14.5 Å². The molecule has 2 amide bonds. The maximum Gasteiger partial charge on any atom is 0.270 e. The van der Waals surface area contributed by atoms with Gasteiger partial charge in [-0.05, 0) is 18.2 Å². The maximum absolute atomic E-state index is 12.4. The summed E-state index contributed by atoms with van der Waals surface area (Å²) >= 11 is 0. The van der Waals surface area contributed by atoms with Crippen LogP contribution in [0.5, 0.6) is 0 Å². The number of nitrogens with one attached hydrogen (secondary N) is 1. The number of carbonyl (C=O) groups is 2. The van der Waals surface area contributed by atoms with Gasteiger partial charge in [0.1, 0.15) is 6.04 Å². The number of aromatic nitrogens is 2. The number of nitrogens with two attached hydrogens (primary N) is 1. The van der Waals surface area contributed by atoms with Crippen LogP contribution in [0.2, 0.25) is 0 Å². The van der Waals surface area contributed by atoms with Crippen molar-refractivity contribution in [3.63, 3.8) is 0 Å². The smallest absolute Gasteiger partial charge is 0.270 e. The van der Waals surface area contributed by atoms with E-state index >= 15 is 0 Å². The van der Waals surface area contributed by atoms with Gasteiger partial charge in [0.2, 0.25) is 5.91 Å². The van der Waals surface area contributed by atoms with E-state index in [-0.39, 0.29) is 17.7 Å². The van der Waals surface area contributed by atoms with Crippen molar-refractivity contribution in [1.29, 1.82) is 0 Å². The van der Waals surface area contributed by atoms with Crippen LogP contribution in [0.15, 0.2) is 54.7 Å². The Hall–Kier alpha value is -3.88. The van der Waals surface area contributed by atoms with Crippen LogP contribution in [0.25, 0.3) is 11.0 Å². The molecule has 0 unspecified atom stereocenters. The van der Waals surface area contributed by atoms with Gasteiger partial charge in [-0.25, -0.2) is 4.98 Å². The molecule has 1 atom stereocenters. The molecule has 3 N–H and O–H groups in total. The van der Waals surface area contributed by atoms with Gasteiger partial charge in [-0.1, -0.05) is 18.2 Å². The molecule has 0 aliphatic heterocycles. The highest BCUT2D eigenvalue weighted by Gasteiger charge is 2.21. The van der Waals surface area contributed by atoms with Crippen LogP contribution in [-0.4, -0.2) is 32.7 Å². The minimum Gasteiger partial charge on any atom is -0.368 e. The first kappa shape index (κ1) is 17.9. The number of hydrogen-bond acceptors (Lipinski definition) is 6. The number of hydrogen-bond donors (Lipinski definition) is 2. The molecule has 9 nitrogen and oxygen atoms in total. The zero-order chi connectivity index (χ0) is 19.4. The Morgan fingerprint density at radius 2 is 1.89 bits per heavy atom. The second-order valence-electron chi connectivity index (χ2n) is 5.79. The predicted molar refractivity (Wildman–Crippen MR) is 96.8 cm³/mol. The molecule has 0 spiro atoms. The van der Waals surface area contributed by atoms with Gasteiger partial charge in [0.15, 0.2) is 0 Å². The molecule has 0 fully saturated rings. The van der Waals surface area contributed by atoms with E-state index in [0.29, 0.717) is 16.7 Å². The number of nitrogens with zero attached hydrogens (tertiary/aromatic N) is 3. The molecule has 2 aromatic carbocycles. The van der Waals surface area contributed by atoms with Gasteiger partial charge < -0.3 is 11.1 Å². The second kappa shape index (κ2) is 7.56. The molecular weight excluding hydrogens is 350 g/mol. The van der Waals surface area contributed by atoms with E-state index in [9.17, 15) is 19.7 Å². The molecule has 136 valence electrons. The highest BCUT2D eigenvalue weighted by molar-refractivity contribution is 5.97. The van der Waals surface area contributed by atoms with E-state index in [2.05, 4.69) is 15.3 Å². The fourth-order valence-electron chi connectivity index (χ4n) is 2.53. The lowest BCUT2D eigenvalue weighted by Crippen LogP contribution is -2.46. The molecule has 0 aliphatic carbocycles. The van der Waals surface area contributed by atoms with Crippen LogP contribution in [0.1, 0.15) is 16.1 Å². The van der Waals surface area contributed by atoms with E-state index < -0.39 is 22.8 Å². The van der Waals surface area contributed by atoms with E-state index in [4.69, 9.17) is 5.73 Å². The van der Waals surface area contributed by atoms with Gasteiger partial charge in [0.05, 0.1) is 21.7 Å². The summed E-state index contributed by atoms with van der Waals surface area (Å²) in [6.07, 6.45) is 1.56. The fraction of sp³-hybridized carbons (Fsp3) is 0.111. The topological polar surface area (TPSA) is 141 Å². The Kier molecular flexibility index (Phi) is 5.02. The Balaban J connectivity index is 1.79. The number of amides is 2. The molecule has 27 heavy (non-hydrogen) atoms. The van der Waals surface area contributed by atoms with Crippen molar-refractivity contribution in [2.75, 3.05) is 0 Å². The number of non-ortho nitro benzene ring substituents is 1. The predicted octanol–water partition coefficient (Wildman–Crippen LogP) is 1.36. The first-order chi connectivity index (χ1) is 12.9. The molecule has 0 radical (unpaired) electrons. The van der Waals surface area contributed by atoms with E-state index in [0.717, 1.165) is 6.07 Å². The number of carbonyl (C=O) groups excluding carboxylic acids is 2. The van der Waals surface area contributed by atoms with Crippen LogP contribution in [0, 0.1) is 10.1 Å². The molecule has 1 heterocycles. The van der Waals surface area contributed by atoms with Gasteiger partial charge in [-0.2, -0.15) is 0 Å². The van der Waals surface area contributed by atoms with Crippen molar-refractivity contribution in [2.24, 2.45) is 5.73 Å². The molecule has 0 aliphatic rings. The van der Waals surface area contributed by atoms with Gasteiger partial charge in [0, 0.05) is 30.3 Å². The number of primary amides is 1. The third-order valence-corrected chi connectivity index (χ3v) is 3.88. The van der Waals surface area contributed by atoms with Crippen LogP contribution < -0.4 is 11.1 Å². The number of nitro groups is 1. The summed E-state index contributed by atoms with van der Waals surface area (Å²) in [5.74, 6) is -1.39. The Labute approximate surface area is 153 Å². The maximum atomic E-state index is 12.4. The Morgan fingerprint density at radius 1 is 1.15 bits per heavy atom. The molecule has 1 aromatic heterocycles. The van der Waals surface area contributed by atoms with Crippen molar-refractivity contribution in [3.05, 3.63) is 76.1 Å². The molecule has 0 bridgehead atoms. The van der Waals surface area contributed by atoms with E-state index in [1.807, 2.05) is 18.2 Å². The lowest BCUT2D eigenvalue weighted by Gasteiger charge is -2.15. The lowest BCUT2D eigenvalue weighted by atomic mass is 10.1. The highest BCUT2D eigenvalue weighted by atomic mass is 16.6. The fourth-order valence-corrected chi connectivity index (χ4v) is 2.53. The molecule has 0 saturated heterocycles. The summed E-state index contributed by atoms with van der Waals surface area (Å²) in [7, 11) is 0. The minimum atomic E-state index is -1.03. The van der Waals surface area contributed by atoms with E-state index in [1.165, 1.54) is 24.4 Å². The van der Waals surface area contributed by atoms with Gasteiger partial charge in [-0.15, -0.1) is 0 Å². The third-order valence-electron chi connectivity index (χ3n) is 3.88. The molecule has 3 rings (SSSR count). The number of nitro benzene ring substituents is 1. The molecule has 0 saturated carbocycles. The summed E-state index contributed by atoms with van der Waals surface area (Å²) in [4.78, 5) is 43.0. The average molecular weight is 365 g/mol. The molecular formula is C18H15N5O4. The van der Waals surface area contributed by atoms with Crippen molar-refractivity contribution in [3.8, 4) is 0 Å². The standard InChI is InChI=1S/C18H15N5O4/c19-17(24)16(9-12-10-20-14-6-1-2-7-15(14)21-12)22-18(25)11-4-3-5-13(8-11)23(26)27/h1-8,10,16H,9H2,(H2,19,24)(H,22,25)/t16-/m1/s1. The van der Waals surface area contributed by atoms with Crippen molar-refractivity contribution in [1.82, 2.24) is 15.3 Å². The van der Waals surface area contributed by atoms with Crippen LogP contribution in [0.4, 0.5) is 5.69 Å². The van der Waals surface area contributed by atoms with Crippen LogP contribution in [-0.2, 0) is 11.2 Å². The minimum absolute atomic E-state index is 0.0494. The lowest BCUT2D eigenvalue weighted by molar-refractivity contribution is -0.384. The van der Waals surface area contributed by atoms with Crippen molar-refractivity contribution in [2.45, 2.75) is 12.5 Å². The van der Waals surface area contributed by atoms with Crippen LogP contribution >= 0.6 is 0 Å².